The van der Waals surface area contributed by atoms with E-state index < -0.39 is 0 Å². The number of anilines is 1. The molecule has 0 saturated heterocycles. The maximum Gasteiger partial charge on any atom is 0.124 e. The Labute approximate surface area is 108 Å². The maximum atomic E-state index is 7.39. The minimum absolute atomic E-state index is 0.00624. The fraction of sp³-hybridized carbons (Fsp3) is 0.462. The van der Waals surface area contributed by atoms with Gasteiger partial charge < -0.3 is 10.6 Å². The molecule has 0 heterocycles. The minimum Gasteiger partial charge on any atom is -0.384 e. The molecule has 0 unspecified atom stereocenters. The Balaban J connectivity index is 3.00. The number of nitrogens with zero attached hydrogens (tertiary/aromatic N) is 1. The van der Waals surface area contributed by atoms with Gasteiger partial charge >= 0.3 is 0 Å². The lowest BCUT2D eigenvalue weighted by Gasteiger charge is -2.28. The SMILES string of the molecule is CCC(CC)N(C)c1ccc(C(=N)N)c(Cl)c1. The molecule has 1 rings (SSSR count). The van der Waals surface area contributed by atoms with Crippen molar-refractivity contribution in [2.75, 3.05) is 11.9 Å². The quantitative estimate of drug-likeness (QED) is 0.625. The lowest BCUT2D eigenvalue weighted by molar-refractivity contribution is 0.591. The first-order valence-electron chi connectivity index (χ1n) is 5.88. The van der Waals surface area contributed by atoms with Gasteiger partial charge in [0.15, 0.2) is 0 Å². The van der Waals surface area contributed by atoms with Gasteiger partial charge in [0, 0.05) is 24.3 Å². The summed E-state index contributed by atoms with van der Waals surface area (Å²) in [6.07, 6.45) is 2.19. The van der Waals surface area contributed by atoms with Crippen LogP contribution >= 0.6 is 11.6 Å². The molecule has 0 amide bonds. The van der Waals surface area contributed by atoms with Gasteiger partial charge in [-0.25, -0.2) is 0 Å². The zero-order valence-electron chi connectivity index (χ0n) is 10.6. The van der Waals surface area contributed by atoms with Gasteiger partial charge in [-0.1, -0.05) is 25.4 Å². The molecule has 0 radical (unpaired) electrons. The molecule has 94 valence electrons. The number of hydrogen-bond donors (Lipinski definition) is 2. The summed E-state index contributed by atoms with van der Waals surface area (Å²) >= 11 is 6.11. The molecule has 0 bridgehead atoms. The number of nitrogens with one attached hydrogen (secondary N) is 1. The van der Waals surface area contributed by atoms with Gasteiger partial charge in [-0.05, 0) is 31.0 Å². The summed E-state index contributed by atoms with van der Waals surface area (Å²) < 4.78 is 0. The molecule has 0 spiro atoms. The fourth-order valence-electron chi connectivity index (χ4n) is 1.99. The van der Waals surface area contributed by atoms with Crippen LogP contribution in [0.4, 0.5) is 5.69 Å². The third-order valence-corrected chi connectivity index (χ3v) is 3.45. The zero-order chi connectivity index (χ0) is 13.0. The first-order valence-corrected chi connectivity index (χ1v) is 6.25. The van der Waals surface area contributed by atoms with E-state index in [1.165, 1.54) is 0 Å². The summed E-state index contributed by atoms with van der Waals surface area (Å²) in [7, 11) is 2.07. The fourth-order valence-corrected chi connectivity index (χ4v) is 2.27. The van der Waals surface area contributed by atoms with Crippen LogP contribution < -0.4 is 10.6 Å². The molecule has 0 aliphatic rings. The smallest absolute Gasteiger partial charge is 0.124 e. The predicted molar refractivity (Wildman–Crippen MR) is 75.2 cm³/mol. The molecule has 0 aliphatic carbocycles. The summed E-state index contributed by atoms with van der Waals surface area (Å²) in [4.78, 5) is 2.22. The molecule has 0 atom stereocenters. The Bertz CT molecular complexity index is 400. The number of rotatable bonds is 5. The molecule has 0 fully saturated rings. The van der Waals surface area contributed by atoms with E-state index >= 15 is 0 Å². The Morgan fingerprint density at radius 3 is 2.41 bits per heavy atom. The van der Waals surface area contributed by atoms with Crippen LogP contribution in [0.3, 0.4) is 0 Å². The summed E-state index contributed by atoms with van der Waals surface area (Å²) in [6, 6.07) is 6.14. The molecule has 3 nitrogen and oxygen atoms in total. The second-order valence-corrected chi connectivity index (χ2v) is 4.57. The van der Waals surface area contributed by atoms with Crippen LogP contribution in [0.1, 0.15) is 32.3 Å². The van der Waals surface area contributed by atoms with Gasteiger partial charge in [0.05, 0.1) is 5.02 Å². The van der Waals surface area contributed by atoms with Gasteiger partial charge in [-0.15, -0.1) is 0 Å². The van der Waals surface area contributed by atoms with Gasteiger partial charge in [-0.3, -0.25) is 5.41 Å². The lowest BCUT2D eigenvalue weighted by Crippen LogP contribution is -2.30. The Hall–Kier alpha value is -1.22. The number of nitrogens with two attached hydrogens (primary N) is 1. The first kappa shape index (κ1) is 13.8. The molecule has 17 heavy (non-hydrogen) atoms. The van der Waals surface area contributed by atoms with Crippen molar-refractivity contribution in [1.29, 1.82) is 5.41 Å². The molecular weight excluding hydrogens is 234 g/mol. The van der Waals surface area contributed by atoms with Crippen molar-refractivity contribution in [3.63, 3.8) is 0 Å². The monoisotopic (exact) mass is 253 g/mol. The summed E-state index contributed by atoms with van der Waals surface area (Å²) in [5.74, 6) is 0.00624. The molecular formula is C13H20ClN3. The number of hydrogen-bond acceptors (Lipinski definition) is 2. The molecule has 4 heteroatoms. The van der Waals surface area contributed by atoms with Crippen molar-refractivity contribution < 1.29 is 0 Å². The highest BCUT2D eigenvalue weighted by Crippen LogP contribution is 2.25. The van der Waals surface area contributed by atoms with Crippen LogP contribution in [0, 0.1) is 5.41 Å². The van der Waals surface area contributed by atoms with E-state index in [9.17, 15) is 0 Å². The lowest BCUT2D eigenvalue weighted by atomic mass is 10.1. The summed E-state index contributed by atoms with van der Waals surface area (Å²) in [6.45, 7) is 4.35. The van der Waals surface area contributed by atoms with Crippen LogP contribution in [-0.4, -0.2) is 18.9 Å². The van der Waals surface area contributed by atoms with E-state index in [4.69, 9.17) is 22.7 Å². The van der Waals surface area contributed by atoms with Crippen LogP contribution in [0.15, 0.2) is 18.2 Å². The van der Waals surface area contributed by atoms with Gasteiger partial charge in [0.2, 0.25) is 0 Å². The molecule has 0 saturated carbocycles. The van der Waals surface area contributed by atoms with Crippen molar-refractivity contribution in [2.24, 2.45) is 5.73 Å². The van der Waals surface area contributed by atoms with Crippen molar-refractivity contribution in [3.8, 4) is 0 Å². The Morgan fingerprint density at radius 2 is 2.00 bits per heavy atom. The highest BCUT2D eigenvalue weighted by Gasteiger charge is 2.13. The van der Waals surface area contributed by atoms with Crippen LogP contribution in [-0.2, 0) is 0 Å². The molecule has 3 N–H and O–H groups in total. The minimum atomic E-state index is 0.00624. The van der Waals surface area contributed by atoms with Crippen molar-refractivity contribution >= 4 is 23.1 Å². The average molecular weight is 254 g/mol. The molecule has 1 aromatic rings. The van der Waals surface area contributed by atoms with E-state index in [0.717, 1.165) is 18.5 Å². The normalized spacial score (nSPS) is 10.6. The summed E-state index contributed by atoms with van der Waals surface area (Å²) in [5.41, 5.74) is 7.09. The number of nitrogen functional groups attached to an aromatic ring is 1. The second-order valence-electron chi connectivity index (χ2n) is 4.16. The molecule has 1 aromatic carbocycles. The van der Waals surface area contributed by atoms with Crippen LogP contribution in [0.2, 0.25) is 5.02 Å². The van der Waals surface area contributed by atoms with Gasteiger partial charge in [0.1, 0.15) is 5.84 Å². The van der Waals surface area contributed by atoms with Gasteiger partial charge in [0.25, 0.3) is 0 Å². The number of benzene rings is 1. The molecule has 0 aliphatic heterocycles. The number of amidine groups is 1. The number of halogens is 1. The Kier molecular flexibility index (Phi) is 4.82. The first-order chi connectivity index (χ1) is 8.01. The predicted octanol–water partition coefficient (Wildman–Crippen LogP) is 3.25. The van der Waals surface area contributed by atoms with Crippen LogP contribution in [0.5, 0.6) is 0 Å². The van der Waals surface area contributed by atoms with E-state index in [-0.39, 0.29) is 5.84 Å². The van der Waals surface area contributed by atoms with E-state index in [1.54, 1.807) is 6.07 Å². The third-order valence-electron chi connectivity index (χ3n) is 3.14. The van der Waals surface area contributed by atoms with Crippen LogP contribution in [0.25, 0.3) is 0 Å². The van der Waals surface area contributed by atoms with Crippen molar-refractivity contribution in [1.82, 2.24) is 0 Å². The second kappa shape index (κ2) is 5.92. The van der Waals surface area contributed by atoms with Gasteiger partial charge in [-0.2, -0.15) is 0 Å². The van der Waals surface area contributed by atoms with E-state index in [2.05, 4.69) is 25.8 Å². The largest absolute Gasteiger partial charge is 0.384 e. The van der Waals surface area contributed by atoms with Crippen molar-refractivity contribution in [2.45, 2.75) is 32.7 Å². The van der Waals surface area contributed by atoms with E-state index in [1.807, 2.05) is 12.1 Å². The Morgan fingerprint density at radius 1 is 1.41 bits per heavy atom. The van der Waals surface area contributed by atoms with Crippen molar-refractivity contribution in [3.05, 3.63) is 28.8 Å². The zero-order valence-corrected chi connectivity index (χ0v) is 11.4. The highest BCUT2D eigenvalue weighted by molar-refractivity contribution is 6.34. The topological polar surface area (TPSA) is 53.1 Å². The molecule has 0 aromatic heterocycles. The standard InChI is InChI=1S/C13H20ClN3/c1-4-9(5-2)17(3)10-6-7-11(13(15)16)12(14)8-10/h6-9H,4-5H2,1-3H3,(H3,15,16). The summed E-state index contributed by atoms with van der Waals surface area (Å²) in [5, 5.41) is 7.93. The third kappa shape index (κ3) is 3.13. The highest BCUT2D eigenvalue weighted by atomic mass is 35.5. The average Bonchev–Trinajstić information content (AvgIpc) is 2.29. The maximum absolute atomic E-state index is 7.39. The van der Waals surface area contributed by atoms with E-state index in [0.29, 0.717) is 16.6 Å².